The molecule has 0 saturated carbocycles. The summed E-state index contributed by atoms with van der Waals surface area (Å²) in [5, 5.41) is 0. The van der Waals surface area contributed by atoms with Gasteiger partial charge in [-0.05, 0) is 31.2 Å². The number of aryl methyl sites for hydroxylation is 1. The molecule has 2 aromatic rings. The quantitative estimate of drug-likeness (QED) is 0.900. The first-order valence-corrected chi connectivity index (χ1v) is 7.15. The van der Waals surface area contributed by atoms with Crippen molar-refractivity contribution in [2.24, 2.45) is 0 Å². The van der Waals surface area contributed by atoms with Crippen molar-refractivity contribution in [1.82, 2.24) is 4.72 Å². The minimum atomic E-state index is -3.42. The molecule has 96 valence electrons. The first-order chi connectivity index (χ1) is 8.58. The molecule has 0 unspecified atom stereocenters. The molecular formula is C13H15NO3S. The van der Waals surface area contributed by atoms with E-state index in [1.807, 2.05) is 13.0 Å². The van der Waals surface area contributed by atoms with Gasteiger partial charge >= 0.3 is 0 Å². The van der Waals surface area contributed by atoms with Crippen LogP contribution in [0.4, 0.5) is 0 Å². The zero-order chi connectivity index (χ0) is 13.0. The molecule has 18 heavy (non-hydrogen) atoms. The van der Waals surface area contributed by atoms with Gasteiger partial charge in [0.2, 0.25) is 10.0 Å². The number of furan rings is 1. The minimum absolute atomic E-state index is 0.285. The third-order valence-electron chi connectivity index (χ3n) is 2.57. The molecule has 0 saturated heterocycles. The third kappa shape index (κ3) is 3.21. The average Bonchev–Trinajstić information content (AvgIpc) is 2.82. The Labute approximate surface area is 107 Å². The van der Waals surface area contributed by atoms with Gasteiger partial charge in [-0.25, -0.2) is 13.1 Å². The number of hydrogen-bond acceptors (Lipinski definition) is 3. The van der Waals surface area contributed by atoms with Gasteiger partial charge in [0.25, 0.3) is 0 Å². The summed E-state index contributed by atoms with van der Waals surface area (Å²) in [6, 6.07) is 10.4. The van der Waals surface area contributed by atoms with Crippen LogP contribution >= 0.6 is 0 Å². The normalized spacial score (nSPS) is 11.6. The van der Waals surface area contributed by atoms with E-state index in [0.717, 1.165) is 11.3 Å². The molecule has 1 N–H and O–H groups in total. The van der Waals surface area contributed by atoms with Crippen LogP contribution in [-0.2, 0) is 16.4 Å². The van der Waals surface area contributed by atoms with E-state index in [0.29, 0.717) is 13.0 Å². The van der Waals surface area contributed by atoms with E-state index in [1.165, 1.54) is 0 Å². The standard InChI is InChI=1S/C13H15NO3S/c1-11-4-6-13(7-5-11)18(15,16)14-9-8-12-3-2-10-17-12/h2-7,10,14H,8-9H2,1H3. The van der Waals surface area contributed by atoms with Crippen molar-refractivity contribution in [3.63, 3.8) is 0 Å². The SMILES string of the molecule is Cc1ccc(S(=O)(=O)NCCc2ccco2)cc1. The predicted octanol–water partition coefficient (Wildman–Crippen LogP) is 2.11. The van der Waals surface area contributed by atoms with Crippen molar-refractivity contribution in [3.8, 4) is 0 Å². The largest absolute Gasteiger partial charge is 0.469 e. The predicted molar refractivity (Wildman–Crippen MR) is 68.8 cm³/mol. The fourth-order valence-electron chi connectivity index (χ4n) is 1.56. The molecule has 1 aromatic carbocycles. The number of benzene rings is 1. The van der Waals surface area contributed by atoms with Gasteiger partial charge in [-0.1, -0.05) is 17.7 Å². The Bertz CT molecular complexity index is 586. The van der Waals surface area contributed by atoms with Crippen LogP contribution in [0.15, 0.2) is 52.0 Å². The van der Waals surface area contributed by atoms with E-state index >= 15 is 0 Å². The molecule has 1 heterocycles. The van der Waals surface area contributed by atoms with E-state index in [-0.39, 0.29) is 4.90 Å². The summed E-state index contributed by atoms with van der Waals surface area (Å²) in [6.07, 6.45) is 2.11. The number of rotatable bonds is 5. The summed E-state index contributed by atoms with van der Waals surface area (Å²) in [5.41, 5.74) is 1.03. The van der Waals surface area contributed by atoms with Gasteiger partial charge in [-0.15, -0.1) is 0 Å². The van der Waals surface area contributed by atoms with E-state index in [9.17, 15) is 8.42 Å². The molecule has 0 aliphatic rings. The highest BCUT2D eigenvalue weighted by Gasteiger charge is 2.12. The third-order valence-corrected chi connectivity index (χ3v) is 4.05. The summed E-state index contributed by atoms with van der Waals surface area (Å²) in [4.78, 5) is 0.285. The van der Waals surface area contributed by atoms with Crippen molar-refractivity contribution in [3.05, 3.63) is 54.0 Å². The molecule has 1 aromatic heterocycles. The molecule has 0 fully saturated rings. The Kier molecular flexibility index (Phi) is 3.84. The second-order valence-corrected chi connectivity index (χ2v) is 5.81. The van der Waals surface area contributed by atoms with Gasteiger partial charge in [0.15, 0.2) is 0 Å². The zero-order valence-electron chi connectivity index (χ0n) is 10.1. The lowest BCUT2D eigenvalue weighted by molar-refractivity contribution is 0.506. The summed E-state index contributed by atoms with van der Waals surface area (Å²) in [5.74, 6) is 0.765. The highest BCUT2D eigenvalue weighted by Crippen LogP contribution is 2.10. The van der Waals surface area contributed by atoms with Crippen molar-refractivity contribution < 1.29 is 12.8 Å². The molecule has 0 amide bonds. The first kappa shape index (κ1) is 12.9. The van der Waals surface area contributed by atoms with Gasteiger partial charge in [0.05, 0.1) is 11.2 Å². The maximum atomic E-state index is 11.9. The molecule has 0 aliphatic heterocycles. The van der Waals surface area contributed by atoms with Crippen LogP contribution in [0.25, 0.3) is 0 Å². The lowest BCUT2D eigenvalue weighted by atomic mass is 10.2. The topological polar surface area (TPSA) is 59.3 Å². The van der Waals surface area contributed by atoms with Crippen LogP contribution < -0.4 is 4.72 Å². The van der Waals surface area contributed by atoms with Crippen LogP contribution in [-0.4, -0.2) is 15.0 Å². The van der Waals surface area contributed by atoms with E-state index < -0.39 is 10.0 Å². The summed E-state index contributed by atoms with van der Waals surface area (Å²) in [7, 11) is -3.42. The lowest BCUT2D eigenvalue weighted by Crippen LogP contribution is -2.25. The molecule has 4 nitrogen and oxygen atoms in total. The number of sulfonamides is 1. The Hall–Kier alpha value is -1.59. The summed E-state index contributed by atoms with van der Waals surface area (Å²) >= 11 is 0. The highest BCUT2D eigenvalue weighted by atomic mass is 32.2. The molecule has 0 radical (unpaired) electrons. The lowest BCUT2D eigenvalue weighted by Gasteiger charge is -2.06. The molecule has 0 atom stereocenters. The zero-order valence-corrected chi connectivity index (χ0v) is 10.9. The van der Waals surface area contributed by atoms with Crippen molar-refractivity contribution in [2.45, 2.75) is 18.2 Å². The van der Waals surface area contributed by atoms with Crippen molar-refractivity contribution >= 4 is 10.0 Å². The fraction of sp³-hybridized carbons (Fsp3) is 0.231. The van der Waals surface area contributed by atoms with Crippen molar-refractivity contribution in [1.29, 1.82) is 0 Å². The molecule has 0 aliphatic carbocycles. The van der Waals surface area contributed by atoms with Gasteiger partial charge in [0.1, 0.15) is 5.76 Å². The Balaban J connectivity index is 1.97. The minimum Gasteiger partial charge on any atom is -0.469 e. The fourth-order valence-corrected chi connectivity index (χ4v) is 2.60. The molecular weight excluding hydrogens is 250 g/mol. The molecule has 0 spiro atoms. The van der Waals surface area contributed by atoms with Crippen molar-refractivity contribution in [2.75, 3.05) is 6.54 Å². The summed E-state index contributed by atoms with van der Waals surface area (Å²) < 4.78 is 31.5. The molecule has 0 bridgehead atoms. The van der Waals surface area contributed by atoms with E-state index in [2.05, 4.69) is 4.72 Å². The molecule has 2 rings (SSSR count). The maximum Gasteiger partial charge on any atom is 0.240 e. The first-order valence-electron chi connectivity index (χ1n) is 5.67. The van der Waals surface area contributed by atoms with E-state index in [1.54, 1.807) is 36.6 Å². The monoisotopic (exact) mass is 265 g/mol. The van der Waals surface area contributed by atoms with Crippen LogP contribution in [0.1, 0.15) is 11.3 Å². The Morgan fingerprint density at radius 1 is 1.17 bits per heavy atom. The Morgan fingerprint density at radius 3 is 2.50 bits per heavy atom. The van der Waals surface area contributed by atoms with Crippen LogP contribution in [0, 0.1) is 6.92 Å². The summed E-state index contributed by atoms with van der Waals surface area (Å²) in [6.45, 7) is 2.24. The van der Waals surface area contributed by atoms with Gasteiger partial charge in [0, 0.05) is 13.0 Å². The number of hydrogen-bond donors (Lipinski definition) is 1. The Morgan fingerprint density at radius 2 is 1.89 bits per heavy atom. The van der Waals surface area contributed by atoms with Crippen LogP contribution in [0.3, 0.4) is 0 Å². The average molecular weight is 265 g/mol. The second-order valence-electron chi connectivity index (χ2n) is 4.04. The second kappa shape index (κ2) is 5.37. The van der Waals surface area contributed by atoms with Gasteiger partial charge in [-0.3, -0.25) is 0 Å². The van der Waals surface area contributed by atoms with Gasteiger partial charge < -0.3 is 4.42 Å². The van der Waals surface area contributed by atoms with E-state index in [4.69, 9.17) is 4.42 Å². The van der Waals surface area contributed by atoms with Gasteiger partial charge in [-0.2, -0.15) is 0 Å². The van der Waals surface area contributed by atoms with Crippen LogP contribution in [0.2, 0.25) is 0 Å². The molecule has 5 heteroatoms. The highest BCUT2D eigenvalue weighted by molar-refractivity contribution is 7.89. The maximum absolute atomic E-state index is 11.9. The number of nitrogens with one attached hydrogen (secondary N) is 1. The smallest absolute Gasteiger partial charge is 0.240 e. The van der Waals surface area contributed by atoms with Crippen LogP contribution in [0.5, 0.6) is 0 Å².